The minimum absolute atomic E-state index is 0.141. The van der Waals surface area contributed by atoms with Crippen molar-refractivity contribution in [3.63, 3.8) is 0 Å². The highest BCUT2D eigenvalue weighted by molar-refractivity contribution is 5.98. The lowest BCUT2D eigenvalue weighted by Gasteiger charge is -2.35. The number of fused-ring (bicyclic) bond motifs is 5. The molecule has 0 aliphatic carbocycles. The van der Waals surface area contributed by atoms with E-state index in [1.54, 1.807) is 6.20 Å². The molecule has 3 fully saturated rings. The third kappa shape index (κ3) is 3.38. The van der Waals surface area contributed by atoms with Crippen LogP contribution in [-0.2, 0) is 6.54 Å². The third-order valence-corrected chi connectivity index (χ3v) is 6.06. The van der Waals surface area contributed by atoms with E-state index in [4.69, 9.17) is 0 Å². The summed E-state index contributed by atoms with van der Waals surface area (Å²) in [7, 11) is 0. The Morgan fingerprint density at radius 2 is 1.89 bits per heavy atom. The van der Waals surface area contributed by atoms with E-state index in [0.717, 1.165) is 54.8 Å². The number of nitrogens with zero attached hydrogens (tertiary/aromatic N) is 4. The van der Waals surface area contributed by atoms with Crippen molar-refractivity contribution in [2.24, 2.45) is 5.92 Å². The number of pyridine rings is 2. The molecule has 3 aliphatic rings. The molecule has 2 aromatic heterocycles. The van der Waals surface area contributed by atoms with Crippen molar-refractivity contribution in [2.45, 2.75) is 25.4 Å². The van der Waals surface area contributed by atoms with Gasteiger partial charge < -0.3 is 4.90 Å². The van der Waals surface area contributed by atoms with Gasteiger partial charge in [-0.2, -0.15) is 0 Å². The van der Waals surface area contributed by atoms with Crippen LogP contribution in [0.1, 0.15) is 28.9 Å². The number of aromatic nitrogens is 2. The summed E-state index contributed by atoms with van der Waals surface area (Å²) >= 11 is 0. The fraction of sp³-hybridized carbons (Fsp3) is 0.348. The van der Waals surface area contributed by atoms with Gasteiger partial charge >= 0.3 is 0 Å². The maximum atomic E-state index is 13.3. The molecular formula is C23H24N4O. The Hall–Kier alpha value is -2.79. The average Bonchev–Trinajstić information content (AvgIpc) is 3.05. The second-order valence-electron chi connectivity index (χ2n) is 7.97. The number of benzene rings is 1. The highest BCUT2D eigenvalue weighted by atomic mass is 16.2. The van der Waals surface area contributed by atoms with Gasteiger partial charge in [0.1, 0.15) is 0 Å². The Labute approximate surface area is 165 Å². The molecule has 0 spiro atoms. The molecule has 0 radical (unpaired) electrons. The molecule has 1 amide bonds. The van der Waals surface area contributed by atoms with E-state index in [0.29, 0.717) is 12.0 Å². The lowest BCUT2D eigenvalue weighted by Crippen LogP contribution is -2.44. The van der Waals surface area contributed by atoms with Crippen molar-refractivity contribution in [2.75, 3.05) is 19.6 Å². The van der Waals surface area contributed by atoms with E-state index in [1.165, 1.54) is 6.42 Å². The molecule has 0 N–H and O–H groups in total. The van der Waals surface area contributed by atoms with Crippen LogP contribution in [0.25, 0.3) is 10.9 Å². The molecule has 5 heterocycles. The van der Waals surface area contributed by atoms with Crippen LogP contribution in [0.3, 0.4) is 0 Å². The van der Waals surface area contributed by atoms with Crippen LogP contribution in [0, 0.1) is 5.92 Å². The summed E-state index contributed by atoms with van der Waals surface area (Å²) in [6, 6.07) is 16.3. The quantitative estimate of drug-likeness (QED) is 0.707. The Morgan fingerprint density at radius 1 is 0.964 bits per heavy atom. The van der Waals surface area contributed by atoms with Gasteiger partial charge in [-0.05, 0) is 55.2 Å². The zero-order chi connectivity index (χ0) is 18.9. The maximum Gasteiger partial charge on any atom is 0.253 e. The third-order valence-electron chi connectivity index (χ3n) is 6.06. The van der Waals surface area contributed by atoms with E-state index in [1.807, 2.05) is 48.7 Å². The van der Waals surface area contributed by atoms with Gasteiger partial charge in [0, 0.05) is 55.6 Å². The molecule has 0 unspecified atom stereocenters. The molecule has 3 aliphatic heterocycles. The lowest BCUT2D eigenvalue weighted by atomic mass is 9.95. The van der Waals surface area contributed by atoms with E-state index < -0.39 is 0 Å². The first-order valence-corrected chi connectivity index (χ1v) is 10.0. The molecule has 1 aromatic carbocycles. The Morgan fingerprint density at radius 3 is 2.79 bits per heavy atom. The monoisotopic (exact) mass is 372 g/mol. The molecule has 2 bridgehead atoms. The summed E-state index contributed by atoms with van der Waals surface area (Å²) in [4.78, 5) is 26.7. The van der Waals surface area contributed by atoms with E-state index in [9.17, 15) is 4.79 Å². The summed E-state index contributed by atoms with van der Waals surface area (Å²) in [6.07, 6.45) is 6.00. The van der Waals surface area contributed by atoms with Crippen molar-refractivity contribution in [1.29, 1.82) is 0 Å². The summed E-state index contributed by atoms with van der Waals surface area (Å²) in [5.74, 6) is 0.677. The molecule has 142 valence electrons. The van der Waals surface area contributed by atoms with Crippen molar-refractivity contribution in [3.8, 4) is 0 Å². The fourth-order valence-corrected chi connectivity index (χ4v) is 4.63. The van der Waals surface area contributed by atoms with Gasteiger partial charge in [-0.25, -0.2) is 0 Å². The number of hydrogen-bond acceptors (Lipinski definition) is 4. The minimum atomic E-state index is 0.141. The van der Waals surface area contributed by atoms with Gasteiger partial charge in [0.2, 0.25) is 0 Å². The number of rotatable bonds is 3. The molecular weight excluding hydrogens is 348 g/mol. The normalized spacial score (nSPS) is 22.4. The van der Waals surface area contributed by atoms with E-state index in [2.05, 4.69) is 25.8 Å². The topological polar surface area (TPSA) is 49.3 Å². The van der Waals surface area contributed by atoms with E-state index in [-0.39, 0.29) is 5.91 Å². The van der Waals surface area contributed by atoms with Crippen molar-refractivity contribution in [3.05, 3.63) is 72.2 Å². The largest absolute Gasteiger partial charge is 0.337 e. The van der Waals surface area contributed by atoms with Crippen LogP contribution in [0.5, 0.6) is 0 Å². The smallest absolute Gasteiger partial charge is 0.253 e. The van der Waals surface area contributed by atoms with Crippen LogP contribution < -0.4 is 0 Å². The molecule has 2 atom stereocenters. The van der Waals surface area contributed by atoms with Crippen LogP contribution in [0.2, 0.25) is 0 Å². The first-order chi connectivity index (χ1) is 13.8. The first kappa shape index (κ1) is 17.3. The van der Waals surface area contributed by atoms with Gasteiger partial charge in [-0.3, -0.25) is 19.7 Å². The van der Waals surface area contributed by atoms with Gasteiger partial charge in [0.15, 0.2) is 0 Å². The predicted molar refractivity (Wildman–Crippen MR) is 109 cm³/mol. The Bertz CT molecular complexity index is 990. The van der Waals surface area contributed by atoms with Crippen molar-refractivity contribution in [1.82, 2.24) is 19.8 Å². The average molecular weight is 372 g/mol. The highest BCUT2D eigenvalue weighted by Gasteiger charge is 2.36. The second-order valence-corrected chi connectivity index (χ2v) is 7.97. The molecule has 6 rings (SSSR count). The molecule has 5 heteroatoms. The van der Waals surface area contributed by atoms with Crippen LogP contribution in [0.4, 0.5) is 0 Å². The Kier molecular flexibility index (Phi) is 4.53. The SMILES string of the molecule is O=C(c1ccc2ncccc2c1)N1C[C@H]2CC[C@@H](C1)N(Cc1ccccn1)C2. The first-order valence-electron chi connectivity index (χ1n) is 10.0. The standard InChI is InChI=1S/C23H24N4O/c28-23(19-7-9-22-18(12-19)4-3-11-25-22)27-14-17-6-8-21(16-27)26(13-17)15-20-5-1-2-10-24-20/h1-5,7,9-12,17,21H,6,8,13-16H2/t17-,21-/m0/s1. The molecule has 3 saturated heterocycles. The predicted octanol–water partition coefficient (Wildman–Crippen LogP) is 3.37. The number of carbonyl (C=O) groups excluding carboxylic acids is 1. The maximum absolute atomic E-state index is 13.3. The highest BCUT2D eigenvalue weighted by Crippen LogP contribution is 2.30. The molecule has 0 saturated carbocycles. The van der Waals surface area contributed by atoms with Crippen LogP contribution in [0.15, 0.2) is 60.9 Å². The fourth-order valence-electron chi connectivity index (χ4n) is 4.63. The summed E-state index contributed by atoms with van der Waals surface area (Å²) < 4.78 is 0. The summed E-state index contributed by atoms with van der Waals surface area (Å²) in [6.45, 7) is 3.56. The van der Waals surface area contributed by atoms with Gasteiger partial charge in [0.05, 0.1) is 11.2 Å². The van der Waals surface area contributed by atoms with Gasteiger partial charge in [-0.1, -0.05) is 12.1 Å². The van der Waals surface area contributed by atoms with Crippen molar-refractivity contribution >= 4 is 16.8 Å². The molecule has 5 nitrogen and oxygen atoms in total. The molecule has 28 heavy (non-hydrogen) atoms. The Balaban J connectivity index is 1.35. The number of piperidine rings is 1. The second kappa shape index (κ2) is 7.32. The lowest BCUT2D eigenvalue weighted by molar-refractivity contribution is 0.0735. The molecule has 3 aromatic rings. The van der Waals surface area contributed by atoms with E-state index >= 15 is 0 Å². The zero-order valence-corrected chi connectivity index (χ0v) is 15.9. The number of carbonyl (C=O) groups is 1. The van der Waals surface area contributed by atoms with Crippen LogP contribution in [-0.4, -0.2) is 51.4 Å². The van der Waals surface area contributed by atoms with Crippen molar-refractivity contribution < 1.29 is 4.79 Å². The summed E-state index contributed by atoms with van der Waals surface area (Å²) in [5, 5.41) is 1.02. The zero-order valence-electron chi connectivity index (χ0n) is 15.9. The number of amides is 1. The number of hydrogen-bond donors (Lipinski definition) is 0. The summed E-state index contributed by atoms with van der Waals surface area (Å²) in [5.41, 5.74) is 2.80. The minimum Gasteiger partial charge on any atom is -0.337 e. The van der Waals surface area contributed by atoms with Crippen LogP contribution >= 0.6 is 0 Å². The van der Waals surface area contributed by atoms with Gasteiger partial charge in [0.25, 0.3) is 5.91 Å². The van der Waals surface area contributed by atoms with Gasteiger partial charge in [-0.15, -0.1) is 0 Å².